The Labute approximate surface area is 251 Å². The first-order valence-electron chi connectivity index (χ1n) is 13.4. The number of fused-ring (bicyclic) bond motifs is 1. The highest BCUT2D eigenvalue weighted by Gasteiger charge is 2.34. The van der Waals surface area contributed by atoms with E-state index < -0.39 is 29.7 Å². The number of nitrogens with one attached hydrogen (secondary N) is 1. The maximum absolute atomic E-state index is 13.9. The number of aliphatic hydroxyl groups is 2. The maximum Gasteiger partial charge on any atom is 0.417 e. The van der Waals surface area contributed by atoms with Crippen molar-refractivity contribution in [2.75, 3.05) is 5.32 Å². The van der Waals surface area contributed by atoms with Crippen molar-refractivity contribution < 1.29 is 32.2 Å². The number of halogens is 5. The van der Waals surface area contributed by atoms with E-state index in [2.05, 4.69) is 20.3 Å². The van der Waals surface area contributed by atoms with Crippen LogP contribution in [-0.4, -0.2) is 42.1 Å². The normalized spacial score (nSPS) is 14.6. The van der Waals surface area contributed by atoms with Crippen LogP contribution in [0.1, 0.15) is 48.6 Å². The van der Waals surface area contributed by atoms with Crippen molar-refractivity contribution in [2.24, 2.45) is 0 Å². The molecule has 1 aliphatic rings. The fraction of sp³-hybridized carbons (Fsp3) is 0.286. The van der Waals surface area contributed by atoms with Gasteiger partial charge in [0.1, 0.15) is 11.6 Å². The predicted octanol–water partition coefficient (Wildman–Crippen LogP) is 5.92. The molecule has 0 amide bonds. The lowest BCUT2D eigenvalue weighted by Crippen LogP contribution is -2.42. The van der Waals surface area contributed by atoms with Crippen molar-refractivity contribution in [3.05, 3.63) is 75.9 Å². The van der Waals surface area contributed by atoms with Gasteiger partial charge in [-0.25, -0.2) is 28.1 Å². The summed E-state index contributed by atoms with van der Waals surface area (Å²) in [7, 11) is 5.48. The molecular formula is C28H22BF5N6O3S. The van der Waals surface area contributed by atoms with Gasteiger partial charge >= 0.3 is 11.9 Å². The van der Waals surface area contributed by atoms with Crippen molar-refractivity contribution in [1.29, 1.82) is 0 Å². The van der Waals surface area contributed by atoms with Gasteiger partial charge in [-0.3, -0.25) is 9.55 Å². The third-order valence-corrected chi connectivity index (χ3v) is 8.51. The Morgan fingerprint density at radius 1 is 1.02 bits per heavy atom. The highest BCUT2D eigenvalue weighted by molar-refractivity contribution is 7.15. The van der Waals surface area contributed by atoms with Crippen molar-refractivity contribution in [1.82, 2.24) is 24.1 Å². The first-order chi connectivity index (χ1) is 20.8. The van der Waals surface area contributed by atoms with E-state index in [1.807, 2.05) is 0 Å². The second-order valence-corrected chi connectivity index (χ2v) is 11.5. The Balaban J connectivity index is 1.49. The van der Waals surface area contributed by atoms with E-state index in [1.165, 1.54) is 41.1 Å². The van der Waals surface area contributed by atoms with E-state index in [4.69, 9.17) is 7.85 Å². The highest BCUT2D eigenvalue weighted by atomic mass is 32.1. The fourth-order valence-electron chi connectivity index (χ4n) is 5.51. The van der Waals surface area contributed by atoms with Gasteiger partial charge in [0, 0.05) is 30.1 Å². The summed E-state index contributed by atoms with van der Waals surface area (Å²) in [5.74, 6) is -2.85. The van der Waals surface area contributed by atoms with E-state index in [-0.39, 0.29) is 44.9 Å². The number of imidazole rings is 1. The molecule has 1 aliphatic carbocycles. The Morgan fingerprint density at radius 3 is 2.43 bits per heavy atom. The number of alkyl halides is 5. The summed E-state index contributed by atoms with van der Waals surface area (Å²) in [5.41, 5.74) is -1.42. The molecule has 0 unspecified atom stereocenters. The Bertz CT molecular complexity index is 1910. The highest BCUT2D eigenvalue weighted by Crippen LogP contribution is 2.40. The lowest BCUT2D eigenvalue weighted by Gasteiger charge is -2.18. The number of anilines is 2. The third-order valence-electron chi connectivity index (χ3n) is 7.39. The zero-order valence-electron chi connectivity index (χ0n) is 22.6. The van der Waals surface area contributed by atoms with Crippen LogP contribution in [-0.2, 0) is 12.0 Å². The van der Waals surface area contributed by atoms with Gasteiger partial charge < -0.3 is 15.5 Å². The molecule has 5 aromatic rings. The zero-order valence-corrected chi connectivity index (χ0v) is 23.4. The van der Waals surface area contributed by atoms with Crippen LogP contribution in [0.2, 0.25) is 0 Å². The van der Waals surface area contributed by atoms with Crippen LogP contribution in [0.4, 0.5) is 33.6 Å². The lowest BCUT2D eigenvalue weighted by molar-refractivity contribution is -0.151. The molecule has 0 aliphatic heterocycles. The van der Waals surface area contributed by atoms with Crippen LogP contribution in [0.25, 0.3) is 32.7 Å². The Kier molecular flexibility index (Phi) is 7.54. The fourth-order valence-corrected chi connectivity index (χ4v) is 6.33. The Hall–Kier alpha value is -4.15. The zero-order chi connectivity index (χ0) is 31.4. The molecule has 1 fully saturated rings. The van der Waals surface area contributed by atoms with Gasteiger partial charge in [-0.15, -0.1) is 11.3 Å². The van der Waals surface area contributed by atoms with Crippen LogP contribution < -0.4 is 11.0 Å². The molecule has 16 heteroatoms. The van der Waals surface area contributed by atoms with Gasteiger partial charge in [0.15, 0.2) is 13.7 Å². The molecule has 3 N–H and O–H groups in total. The Morgan fingerprint density at radius 2 is 1.77 bits per heavy atom. The van der Waals surface area contributed by atoms with Gasteiger partial charge in [-0.1, -0.05) is 12.8 Å². The molecule has 44 heavy (non-hydrogen) atoms. The molecule has 0 aromatic carbocycles. The van der Waals surface area contributed by atoms with Crippen molar-refractivity contribution in [2.45, 2.75) is 50.1 Å². The molecule has 6 rings (SSSR count). The summed E-state index contributed by atoms with van der Waals surface area (Å²) in [5, 5.41) is 23.2. The molecule has 2 radical (unpaired) electrons. The average Bonchev–Trinajstić information content (AvgIpc) is 3.71. The quantitative estimate of drug-likeness (QED) is 0.116. The molecule has 1 saturated carbocycles. The second-order valence-electron chi connectivity index (χ2n) is 10.3. The molecule has 0 atom stereocenters. The number of aromatic nitrogens is 5. The minimum Gasteiger partial charge on any atom is -0.357 e. The summed E-state index contributed by atoms with van der Waals surface area (Å²) in [6.45, 7) is 0. The molecule has 5 heterocycles. The molecular weight excluding hydrogens is 606 g/mol. The summed E-state index contributed by atoms with van der Waals surface area (Å²) in [4.78, 5) is 25.9. The molecule has 0 spiro atoms. The smallest absolute Gasteiger partial charge is 0.357 e. The first-order valence-corrected chi connectivity index (χ1v) is 14.2. The summed E-state index contributed by atoms with van der Waals surface area (Å²) >= 11 is 0.753. The number of thiophene rings is 1. The second kappa shape index (κ2) is 11.1. The van der Waals surface area contributed by atoms with Crippen molar-refractivity contribution in [3.63, 3.8) is 0 Å². The van der Waals surface area contributed by atoms with Crippen molar-refractivity contribution >= 4 is 41.9 Å². The minimum absolute atomic E-state index is 0.0278. The SMILES string of the molecule is [B]C(O)(O)n1c(=O)n(C2CCCC2)c2cc(Nc3cc(-c4cnccc4C(F)(F)F)cc(-c4ccc(C(F)F)s4)n3)ncc21. The van der Waals surface area contributed by atoms with E-state index in [0.717, 1.165) is 42.6 Å². The number of hydrogen-bond donors (Lipinski definition) is 3. The number of rotatable bonds is 7. The third kappa shape index (κ3) is 5.60. The average molecular weight is 628 g/mol. The number of pyridine rings is 3. The molecule has 0 saturated heterocycles. The summed E-state index contributed by atoms with van der Waals surface area (Å²) in [6.07, 6.45) is -1.06. The largest absolute Gasteiger partial charge is 0.417 e. The van der Waals surface area contributed by atoms with Crippen LogP contribution in [0.3, 0.4) is 0 Å². The predicted molar refractivity (Wildman–Crippen MR) is 154 cm³/mol. The van der Waals surface area contributed by atoms with Gasteiger partial charge in [-0.2, -0.15) is 13.2 Å². The van der Waals surface area contributed by atoms with Gasteiger partial charge in [0.2, 0.25) is 0 Å². The van der Waals surface area contributed by atoms with Crippen molar-refractivity contribution in [3.8, 4) is 21.7 Å². The molecule has 226 valence electrons. The van der Waals surface area contributed by atoms with Gasteiger partial charge in [0.05, 0.1) is 38.2 Å². The summed E-state index contributed by atoms with van der Waals surface area (Å²) in [6, 6.07) is 7.40. The van der Waals surface area contributed by atoms with Crippen LogP contribution >= 0.6 is 11.3 Å². The minimum atomic E-state index is -4.71. The van der Waals surface area contributed by atoms with Crippen LogP contribution in [0.15, 0.2) is 59.8 Å². The number of nitrogens with zero attached hydrogens (tertiary/aromatic N) is 5. The molecule has 5 aromatic heterocycles. The van der Waals surface area contributed by atoms with Gasteiger partial charge in [-0.05, 0) is 48.7 Å². The maximum atomic E-state index is 13.9. The lowest BCUT2D eigenvalue weighted by atomic mass is 10.0. The summed E-state index contributed by atoms with van der Waals surface area (Å²) < 4.78 is 70.4. The number of hydrogen-bond acceptors (Lipinski definition) is 8. The standard InChI is InChI=1S/C28H22BF5N6O3S/c29-28(42,43)40-20-13-36-23(11-19(20)39(26(40)41)15-3-1-2-4-15)38-24-10-14(16-12-35-8-7-17(16)27(32,33)34)9-18(37-24)21-5-6-22(44-21)25(30)31/h5-13,15,25,42-43H,1-4H2,(H,36,37,38). The van der Waals surface area contributed by atoms with E-state index in [9.17, 15) is 37.0 Å². The monoisotopic (exact) mass is 628 g/mol. The van der Waals surface area contributed by atoms with E-state index in [1.54, 1.807) is 0 Å². The topological polar surface area (TPSA) is 118 Å². The van der Waals surface area contributed by atoms with Crippen LogP contribution in [0.5, 0.6) is 0 Å². The van der Waals surface area contributed by atoms with Crippen LogP contribution in [0, 0.1) is 0 Å². The van der Waals surface area contributed by atoms with E-state index >= 15 is 0 Å². The molecule has 0 bridgehead atoms. The first kappa shape index (κ1) is 29.9. The molecule has 9 nitrogen and oxygen atoms in total. The van der Waals surface area contributed by atoms with E-state index in [0.29, 0.717) is 27.8 Å². The van der Waals surface area contributed by atoms with Gasteiger partial charge in [0.25, 0.3) is 6.43 Å².